The summed E-state index contributed by atoms with van der Waals surface area (Å²) in [5.41, 5.74) is 0.648. The smallest absolute Gasteiger partial charge is 0.245 e. The second-order valence-electron chi connectivity index (χ2n) is 4.95. The number of hydrogen-bond donors (Lipinski definition) is 3. The van der Waals surface area contributed by atoms with Gasteiger partial charge in [0, 0.05) is 30.1 Å². The van der Waals surface area contributed by atoms with Gasteiger partial charge in [-0.2, -0.15) is 4.98 Å². The van der Waals surface area contributed by atoms with E-state index < -0.39 is 0 Å². The van der Waals surface area contributed by atoms with Crippen molar-refractivity contribution in [3.05, 3.63) is 22.7 Å². The Bertz CT molecular complexity index is 615. The van der Waals surface area contributed by atoms with E-state index in [0.717, 1.165) is 24.1 Å². The maximum atomic E-state index is 9.97. The zero-order valence-electron chi connectivity index (χ0n) is 11.1. The molecular formula is C13H16BrN5O. The molecule has 0 amide bonds. The lowest BCUT2D eigenvalue weighted by molar-refractivity contribution is 0.476. The monoisotopic (exact) mass is 337 g/mol. The van der Waals surface area contributed by atoms with Crippen LogP contribution in [0.3, 0.4) is 0 Å². The normalized spacial score (nSPS) is 19.3. The third kappa shape index (κ3) is 2.64. The molecule has 0 radical (unpaired) electrons. The van der Waals surface area contributed by atoms with E-state index in [1.54, 1.807) is 6.07 Å². The average Bonchev–Trinajstić information content (AvgIpc) is 2.88. The minimum atomic E-state index is 0.177. The summed E-state index contributed by atoms with van der Waals surface area (Å²) >= 11 is 3.32. The first-order valence-corrected chi connectivity index (χ1v) is 7.32. The second kappa shape index (κ2) is 5.41. The van der Waals surface area contributed by atoms with Crippen LogP contribution in [0.4, 0.5) is 5.95 Å². The number of halogens is 1. The van der Waals surface area contributed by atoms with Crippen LogP contribution in [0.2, 0.25) is 0 Å². The molecule has 1 fully saturated rings. The van der Waals surface area contributed by atoms with E-state index >= 15 is 0 Å². The largest absolute Gasteiger partial charge is 0.507 e. The van der Waals surface area contributed by atoms with Crippen LogP contribution in [0.15, 0.2) is 22.7 Å². The molecule has 0 aliphatic carbocycles. The van der Waals surface area contributed by atoms with E-state index in [4.69, 9.17) is 0 Å². The molecule has 1 aliphatic rings. The first-order valence-electron chi connectivity index (χ1n) is 6.53. The highest BCUT2D eigenvalue weighted by atomic mass is 79.9. The SMILES string of the molecule is C[C@@H]1CN(c2n[nH]c(-c3ccc(Br)cc3O)n2)CCN1. The van der Waals surface area contributed by atoms with Gasteiger partial charge >= 0.3 is 0 Å². The van der Waals surface area contributed by atoms with Gasteiger partial charge in [-0.15, -0.1) is 5.10 Å². The molecule has 3 rings (SSSR count). The van der Waals surface area contributed by atoms with Crippen molar-refractivity contribution in [1.29, 1.82) is 0 Å². The van der Waals surface area contributed by atoms with Crippen molar-refractivity contribution in [2.24, 2.45) is 0 Å². The fraction of sp³-hybridized carbons (Fsp3) is 0.385. The molecule has 7 heteroatoms. The lowest BCUT2D eigenvalue weighted by Crippen LogP contribution is -2.49. The van der Waals surface area contributed by atoms with Gasteiger partial charge in [-0.05, 0) is 25.1 Å². The van der Waals surface area contributed by atoms with Crippen LogP contribution in [0.5, 0.6) is 5.75 Å². The summed E-state index contributed by atoms with van der Waals surface area (Å²) in [5.74, 6) is 1.43. The number of nitrogens with zero attached hydrogens (tertiary/aromatic N) is 3. The van der Waals surface area contributed by atoms with Gasteiger partial charge in [-0.25, -0.2) is 0 Å². The topological polar surface area (TPSA) is 77.1 Å². The van der Waals surface area contributed by atoms with Crippen LogP contribution < -0.4 is 10.2 Å². The van der Waals surface area contributed by atoms with Gasteiger partial charge in [0.05, 0.1) is 5.56 Å². The molecule has 0 unspecified atom stereocenters. The summed E-state index contributed by atoms with van der Waals surface area (Å²) in [4.78, 5) is 6.62. The lowest BCUT2D eigenvalue weighted by Gasteiger charge is -2.30. The van der Waals surface area contributed by atoms with E-state index in [9.17, 15) is 5.11 Å². The molecule has 3 N–H and O–H groups in total. The molecule has 2 heterocycles. The van der Waals surface area contributed by atoms with E-state index in [0.29, 0.717) is 23.4 Å². The average molecular weight is 338 g/mol. The van der Waals surface area contributed by atoms with Gasteiger partial charge in [0.25, 0.3) is 0 Å². The molecule has 1 aromatic carbocycles. The second-order valence-corrected chi connectivity index (χ2v) is 5.86. The first kappa shape index (κ1) is 13.4. The number of piperazine rings is 1. The van der Waals surface area contributed by atoms with Crippen molar-refractivity contribution in [2.75, 3.05) is 24.5 Å². The van der Waals surface area contributed by atoms with Gasteiger partial charge in [-0.1, -0.05) is 15.9 Å². The van der Waals surface area contributed by atoms with Crippen molar-refractivity contribution < 1.29 is 5.11 Å². The summed E-state index contributed by atoms with van der Waals surface area (Å²) in [6.45, 7) is 4.83. The summed E-state index contributed by atoms with van der Waals surface area (Å²) in [7, 11) is 0. The lowest BCUT2D eigenvalue weighted by atomic mass is 10.2. The van der Waals surface area contributed by atoms with Crippen LogP contribution in [0, 0.1) is 0 Å². The number of aromatic nitrogens is 3. The maximum absolute atomic E-state index is 9.97. The molecule has 1 saturated heterocycles. The molecule has 6 nitrogen and oxygen atoms in total. The number of phenols is 1. The van der Waals surface area contributed by atoms with Gasteiger partial charge in [0.1, 0.15) is 5.75 Å². The molecule has 1 aliphatic heterocycles. The number of rotatable bonds is 2. The Balaban J connectivity index is 1.86. The molecule has 0 saturated carbocycles. The number of phenolic OH excluding ortho intramolecular Hbond substituents is 1. The number of benzene rings is 1. The molecule has 106 valence electrons. The molecule has 0 bridgehead atoms. The summed E-state index contributed by atoms with van der Waals surface area (Å²) < 4.78 is 0.828. The summed E-state index contributed by atoms with van der Waals surface area (Å²) in [5, 5.41) is 20.5. The Morgan fingerprint density at radius 3 is 3.05 bits per heavy atom. The highest BCUT2D eigenvalue weighted by Gasteiger charge is 2.20. The highest BCUT2D eigenvalue weighted by Crippen LogP contribution is 2.30. The molecule has 1 aromatic heterocycles. The van der Waals surface area contributed by atoms with Crippen molar-refractivity contribution in [2.45, 2.75) is 13.0 Å². The molecule has 2 aromatic rings. The number of aromatic amines is 1. The van der Waals surface area contributed by atoms with Gasteiger partial charge in [0.2, 0.25) is 5.95 Å². The van der Waals surface area contributed by atoms with E-state index in [2.05, 4.69) is 48.3 Å². The first-order chi connectivity index (χ1) is 9.63. The maximum Gasteiger partial charge on any atom is 0.245 e. The highest BCUT2D eigenvalue weighted by molar-refractivity contribution is 9.10. The van der Waals surface area contributed by atoms with Crippen molar-refractivity contribution in [3.8, 4) is 17.1 Å². The summed E-state index contributed by atoms with van der Waals surface area (Å²) in [6.07, 6.45) is 0. The minimum absolute atomic E-state index is 0.177. The predicted molar refractivity (Wildman–Crippen MR) is 80.9 cm³/mol. The Kier molecular flexibility index (Phi) is 3.62. The van der Waals surface area contributed by atoms with Crippen molar-refractivity contribution >= 4 is 21.9 Å². The Labute approximate surface area is 125 Å². The van der Waals surface area contributed by atoms with Gasteiger partial charge in [0.15, 0.2) is 5.82 Å². The van der Waals surface area contributed by atoms with Gasteiger partial charge < -0.3 is 15.3 Å². The third-order valence-corrected chi connectivity index (χ3v) is 3.83. The fourth-order valence-electron chi connectivity index (χ4n) is 2.33. The Morgan fingerprint density at radius 1 is 1.45 bits per heavy atom. The number of H-pyrrole nitrogens is 1. The van der Waals surface area contributed by atoms with Crippen molar-refractivity contribution in [3.63, 3.8) is 0 Å². The van der Waals surface area contributed by atoms with Gasteiger partial charge in [-0.3, -0.25) is 5.10 Å². The van der Waals surface area contributed by atoms with Crippen LogP contribution in [-0.4, -0.2) is 46.0 Å². The number of nitrogens with one attached hydrogen (secondary N) is 2. The minimum Gasteiger partial charge on any atom is -0.507 e. The number of aromatic hydroxyl groups is 1. The number of hydrogen-bond acceptors (Lipinski definition) is 5. The predicted octanol–water partition coefficient (Wildman–Crippen LogP) is 1.74. The van der Waals surface area contributed by atoms with Crippen molar-refractivity contribution in [1.82, 2.24) is 20.5 Å². The Hall–Kier alpha value is -1.60. The molecule has 0 spiro atoms. The Morgan fingerprint density at radius 2 is 2.30 bits per heavy atom. The number of anilines is 1. The standard InChI is InChI=1S/C13H16BrN5O/c1-8-7-19(5-4-15-8)13-16-12(17-18-13)10-3-2-9(14)6-11(10)20/h2-3,6,8,15,20H,4-5,7H2,1H3,(H,16,17,18)/t8-/m1/s1. The van der Waals surface area contributed by atoms with Crippen LogP contribution in [0.1, 0.15) is 6.92 Å². The zero-order valence-corrected chi connectivity index (χ0v) is 12.7. The third-order valence-electron chi connectivity index (χ3n) is 3.34. The summed E-state index contributed by atoms with van der Waals surface area (Å²) in [6, 6.07) is 5.74. The van der Waals surface area contributed by atoms with E-state index in [-0.39, 0.29) is 5.75 Å². The molecule has 20 heavy (non-hydrogen) atoms. The zero-order chi connectivity index (χ0) is 14.1. The molecular weight excluding hydrogens is 322 g/mol. The van der Waals surface area contributed by atoms with Crippen LogP contribution >= 0.6 is 15.9 Å². The molecule has 1 atom stereocenters. The van der Waals surface area contributed by atoms with Crippen LogP contribution in [0.25, 0.3) is 11.4 Å². The fourth-order valence-corrected chi connectivity index (χ4v) is 2.68. The van der Waals surface area contributed by atoms with Crippen LogP contribution in [-0.2, 0) is 0 Å². The quantitative estimate of drug-likeness (QED) is 0.778. The van der Waals surface area contributed by atoms with E-state index in [1.165, 1.54) is 0 Å². The van der Waals surface area contributed by atoms with E-state index in [1.807, 2.05) is 12.1 Å².